The van der Waals surface area contributed by atoms with Crippen molar-refractivity contribution >= 4 is 28.3 Å². The van der Waals surface area contributed by atoms with E-state index < -0.39 is 12.0 Å². The number of amides is 2. The number of hydrogen-bond acceptors (Lipinski definition) is 4. The van der Waals surface area contributed by atoms with Crippen molar-refractivity contribution in [2.24, 2.45) is 0 Å². The number of carbonyl (C=O) groups excluding carboxylic acids is 1. The van der Waals surface area contributed by atoms with Gasteiger partial charge in [0, 0.05) is 18.9 Å². The van der Waals surface area contributed by atoms with Crippen molar-refractivity contribution < 1.29 is 14.7 Å². The number of anilines is 1. The van der Waals surface area contributed by atoms with Gasteiger partial charge in [-0.3, -0.25) is 10.3 Å². The van der Waals surface area contributed by atoms with Crippen LogP contribution in [0.1, 0.15) is 15.9 Å². The first-order valence-corrected chi connectivity index (χ1v) is 6.79. The maximum atomic E-state index is 11.7. The van der Waals surface area contributed by atoms with Gasteiger partial charge in [-0.25, -0.2) is 9.59 Å². The summed E-state index contributed by atoms with van der Waals surface area (Å²) in [6, 6.07) is 4.80. The molecule has 2 rings (SSSR count). The molecule has 7 heteroatoms. The van der Waals surface area contributed by atoms with Crippen LogP contribution in [0.15, 0.2) is 36.0 Å². The van der Waals surface area contributed by atoms with Gasteiger partial charge in [0.15, 0.2) is 0 Å². The number of carboxylic acids is 1. The van der Waals surface area contributed by atoms with Gasteiger partial charge in [0.2, 0.25) is 0 Å². The summed E-state index contributed by atoms with van der Waals surface area (Å²) in [6.07, 6.45) is 4.09. The standard InChI is InChI=1S/C13H13N3O3S/c17-12(18)10-4-7-20-11(10)16-13(19)15-6-3-9-2-1-5-14-8-9/h1-2,4-5,7-8H,3,6H2,(H,17,18)(H2,15,16,19). The molecule has 2 aromatic heterocycles. The smallest absolute Gasteiger partial charge is 0.338 e. The second kappa shape index (κ2) is 6.67. The van der Waals surface area contributed by atoms with Crippen LogP contribution in [0.5, 0.6) is 0 Å². The number of pyridine rings is 1. The van der Waals surface area contributed by atoms with Crippen LogP contribution in [-0.4, -0.2) is 28.6 Å². The first-order chi connectivity index (χ1) is 9.66. The Morgan fingerprint density at radius 1 is 1.35 bits per heavy atom. The molecule has 0 radical (unpaired) electrons. The quantitative estimate of drug-likeness (QED) is 0.787. The van der Waals surface area contributed by atoms with Crippen molar-refractivity contribution in [1.82, 2.24) is 10.3 Å². The van der Waals surface area contributed by atoms with Crippen LogP contribution in [0.3, 0.4) is 0 Å². The molecule has 0 fully saturated rings. The summed E-state index contributed by atoms with van der Waals surface area (Å²) in [5.41, 5.74) is 1.12. The highest BCUT2D eigenvalue weighted by Crippen LogP contribution is 2.22. The van der Waals surface area contributed by atoms with Crippen molar-refractivity contribution in [1.29, 1.82) is 0 Å². The monoisotopic (exact) mass is 291 g/mol. The number of urea groups is 1. The van der Waals surface area contributed by atoms with Gasteiger partial charge in [0.05, 0.1) is 5.56 Å². The van der Waals surface area contributed by atoms with Gasteiger partial charge in [-0.15, -0.1) is 11.3 Å². The van der Waals surface area contributed by atoms with Crippen LogP contribution in [0.4, 0.5) is 9.80 Å². The summed E-state index contributed by atoms with van der Waals surface area (Å²) in [5, 5.41) is 16.1. The Balaban J connectivity index is 1.81. The van der Waals surface area contributed by atoms with E-state index in [0.717, 1.165) is 5.56 Å². The van der Waals surface area contributed by atoms with Crippen LogP contribution < -0.4 is 10.6 Å². The van der Waals surface area contributed by atoms with Crippen LogP contribution in [0, 0.1) is 0 Å². The topological polar surface area (TPSA) is 91.3 Å². The van der Waals surface area contributed by atoms with E-state index in [4.69, 9.17) is 5.11 Å². The second-order valence-corrected chi connectivity index (χ2v) is 4.88. The number of rotatable bonds is 5. The fourth-order valence-corrected chi connectivity index (χ4v) is 2.36. The number of nitrogens with zero attached hydrogens (tertiary/aromatic N) is 1. The number of aromatic nitrogens is 1. The summed E-state index contributed by atoms with van der Waals surface area (Å²) >= 11 is 1.17. The number of nitrogens with one attached hydrogen (secondary N) is 2. The summed E-state index contributed by atoms with van der Waals surface area (Å²) in [7, 11) is 0. The lowest BCUT2D eigenvalue weighted by atomic mass is 10.2. The largest absolute Gasteiger partial charge is 0.478 e. The van der Waals surface area contributed by atoms with Gasteiger partial charge in [-0.05, 0) is 29.5 Å². The summed E-state index contributed by atoms with van der Waals surface area (Å²) in [6.45, 7) is 0.450. The molecule has 104 valence electrons. The second-order valence-electron chi connectivity index (χ2n) is 3.96. The highest BCUT2D eigenvalue weighted by Gasteiger charge is 2.13. The molecule has 0 spiro atoms. The average Bonchev–Trinajstić information content (AvgIpc) is 2.88. The highest BCUT2D eigenvalue weighted by atomic mass is 32.1. The molecule has 3 N–H and O–H groups in total. The summed E-state index contributed by atoms with van der Waals surface area (Å²) in [4.78, 5) is 26.5. The Hall–Kier alpha value is -2.41. The van der Waals surface area contributed by atoms with Gasteiger partial charge in [0.25, 0.3) is 0 Å². The van der Waals surface area contributed by atoms with E-state index >= 15 is 0 Å². The van der Waals surface area contributed by atoms with Crippen LogP contribution in [0.25, 0.3) is 0 Å². The Labute approximate surface area is 119 Å². The highest BCUT2D eigenvalue weighted by molar-refractivity contribution is 7.14. The predicted molar refractivity (Wildman–Crippen MR) is 76.2 cm³/mol. The van der Waals surface area contributed by atoms with Gasteiger partial charge in [-0.2, -0.15) is 0 Å². The minimum atomic E-state index is -1.06. The lowest BCUT2D eigenvalue weighted by Gasteiger charge is -2.06. The van der Waals surface area contributed by atoms with Gasteiger partial charge in [-0.1, -0.05) is 6.07 Å². The summed E-state index contributed by atoms with van der Waals surface area (Å²) in [5.74, 6) is -1.06. The van der Waals surface area contributed by atoms with E-state index in [2.05, 4.69) is 15.6 Å². The minimum absolute atomic E-state index is 0.0948. The van der Waals surface area contributed by atoms with Gasteiger partial charge < -0.3 is 10.4 Å². The number of aromatic carboxylic acids is 1. The van der Waals surface area contributed by atoms with Gasteiger partial charge in [0.1, 0.15) is 5.00 Å². The normalized spacial score (nSPS) is 10.0. The molecule has 0 aliphatic rings. The maximum absolute atomic E-state index is 11.7. The number of carboxylic acid groups (broad SMARTS) is 1. The first kappa shape index (κ1) is 14.0. The molecule has 2 aromatic rings. The van der Waals surface area contributed by atoms with Gasteiger partial charge >= 0.3 is 12.0 Å². The molecule has 0 atom stereocenters. The fraction of sp³-hybridized carbons (Fsp3) is 0.154. The average molecular weight is 291 g/mol. The zero-order valence-electron chi connectivity index (χ0n) is 10.5. The molecule has 0 saturated carbocycles. The molecule has 20 heavy (non-hydrogen) atoms. The van der Waals surface area contributed by atoms with E-state index in [0.29, 0.717) is 18.0 Å². The van der Waals surface area contributed by atoms with E-state index in [9.17, 15) is 9.59 Å². The third-order valence-electron chi connectivity index (χ3n) is 2.54. The van der Waals surface area contributed by atoms with Crippen LogP contribution in [0.2, 0.25) is 0 Å². The van der Waals surface area contributed by atoms with E-state index in [1.165, 1.54) is 17.4 Å². The zero-order chi connectivity index (χ0) is 14.4. The molecule has 6 nitrogen and oxygen atoms in total. The van der Waals surface area contributed by atoms with Crippen molar-refractivity contribution in [2.45, 2.75) is 6.42 Å². The van der Waals surface area contributed by atoms with Crippen LogP contribution in [-0.2, 0) is 6.42 Å². The van der Waals surface area contributed by atoms with Crippen molar-refractivity contribution in [3.63, 3.8) is 0 Å². The Morgan fingerprint density at radius 3 is 2.90 bits per heavy atom. The molecular formula is C13H13N3O3S. The fourth-order valence-electron chi connectivity index (χ4n) is 1.59. The third kappa shape index (κ3) is 3.79. The van der Waals surface area contributed by atoms with Crippen molar-refractivity contribution in [3.05, 3.63) is 47.1 Å². The molecule has 0 unspecified atom stereocenters. The molecule has 0 aromatic carbocycles. The van der Waals surface area contributed by atoms with E-state index in [-0.39, 0.29) is 5.56 Å². The predicted octanol–water partition coefficient (Wildman–Crippen LogP) is 2.21. The molecule has 2 amide bonds. The SMILES string of the molecule is O=C(NCCc1cccnc1)Nc1sccc1C(=O)O. The van der Waals surface area contributed by atoms with Crippen LogP contribution >= 0.6 is 11.3 Å². The number of carbonyl (C=O) groups is 2. The Morgan fingerprint density at radius 2 is 2.20 bits per heavy atom. The van der Waals surface area contributed by atoms with E-state index in [1.807, 2.05) is 12.1 Å². The Bertz CT molecular complexity index is 598. The zero-order valence-corrected chi connectivity index (χ0v) is 11.3. The lowest BCUT2D eigenvalue weighted by Crippen LogP contribution is -2.30. The molecule has 2 heterocycles. The lowest BCUT2D eigenvalue weighted by molar-refractivity contribution is 0.0698. The molecule has 0 bridgehead atoms. The molecule has 0 saturated heterocycles. The maximum Gasteiger partial charge on any atom is 0.338 e. The van der Waals surface area contributed by atoms with Crippen molar-refractivity contribution in [3.8, 4) is 0 Å². The molecule has 0 aliphatic heterocycles. The number of thiophene rings is 1. The molecule has 0 aliphatic carbocycles. The molecular weight excluding hydrogens is 278 g/mol. The third-order valence-corrected chi connectivity index (χ3v) is 3.37. The summed E-state index contributed by atoms with van der Waals surface area (Å²) < 4.78 is 0. The first-order valence-electron chi connectivity index (χ1n) is 5.91. The Kier molecular flexibility index (Phi) is 4.67. The van der Waals surface area contributed by atoms with E-state index in [1.54, 1.807) is 17.8 Å². The van der Waals surface area contributed by atoms with Crippen molar-refractivity contribution in [2.75, 3.05) is 11.9 Å². The number of hydrogen-bond donors (Lipinski definition) is 3. The minimum Gasteiger partial charge on any atom is -0.478 e.